The molecule has 0 atom stereocenters. The number of carbonyl (C=O) groups excluding carboxylic acids is 1. The zero-order valence-electron chi connectivity index (χ0n) is 21.3. The zero-order valence-corrected chi connectivity index (χ0v) is 22.1. The standard InChI is InChI=1S/C25H28F3N7O3S/c1-35(39(2,37)38)22-18(4-3-12-29-22)14-31-21-20(25(26,27)28)15-32-24(34-21)33-19-9-7-17(8-10-19)23(36)30-13-11-16-5-6-16/h3-4,7-10,12,15-16H,5-6,11,13-14H2,1-2H3,(H,30,36)(H2,31,32,33,34). The minimum atomic E-state index is -4.74. The Hall–Kier alpha value is -3.94. The Labute approximate surface area is 224 Å². The topological polar surface area (TPSA) is 129 Å². The highest BCUT2D eigenvalue weighted by atomic mass is 32.2. The molecule has 1 aliphatic carbocycles. The molecule has 0 unspecified atom stereocenters. The number of amides is 1. The van der Waals surface area contributed by atoms with Crippen LogP contribution in [-0.4, -0.2) is 49.1 Å². The van der Waals surface area contributed by atoms with Crippen LogP contribution in [0, 0.1) is 5.92 Å². The molecular formula is C25H28F3N7O3S. The molecule has 14 heteroatoms. The number of anilines is 4. The van der Waals surface area contributed by atoms with Gasteiger partial charge in [-0.25, -0.2) is 18.4 Å². The number of rotatable bonds is 11. The molecule has 0 bridgehead atoms. The minimum Gasteiger partial charge on any atom is -0.365 e. The van der Waals surface area contributed by atoms with Crippen molar-refractivity contribution in [3.63, 3.8) is 0 Å². The van der Waals surface area contributed by atoms with Gasteiger partial charge < -0.3 is 16.0 Å². The van der Waals surface area contributed by atoms with Crippen molar-refractivity contribution in [3.8, 4) is 0 Å². The summed E-state index contributed by atoms with van der Waals surface area (Å²) in [4.78, 5) is 24.2. The Morgan fingerprint density at radius 1 is 1.13 bits per heavy atom. The minimum absolute atomic E-state index is 0.0742. The molecule has 1 aliphatic rings. The van der Waals surface area contributed by atoms with Gasteiger partial charge in [0.05, 0.1) is 6.26 Å². The monoisotopic (exact) mass is 563 g/mol. The number of nitrogens with one attached hydrogen (secondary N) is 3. The van der Waals surface area contributed by atoms with E-state index < -0.39 is 27.6 Å². The van der Waals surface area contributed by atoms with Crippen LogP contribution in [0.4, 0.5) is 36.4 Å². The summed E-state index contributed by atoms with van der Waals surface area (Å²) in [5, 5.41) is 8.36. The Morgan fingerprint density at radius 2 is 1.85 bits per heavy atom. The van der Waals surface area contributed by atoms with Gasteiger partial charge in [-0.05, 0) is 42.7 Å². The molecule has 2 aromatic heterocycles. The van der Waals surface area contributed by atoms with Crippen molar-refractivity contribution in [2.75, 3.05) is 34.8 Å². The summed E-state index contributed by atoms with van der Waals surface area (Å²) in [5.41, 5.74) is 0.184. The second-order valence-corrected chi connectivity index (χ2v) is 11.2. The average Bonchev–Trinajstić information content (AvgIpc) is 3.71. The van der Waals surface area contributed by atoms with Gasteiger partial charge in [0.25, 0.3) is 5.91 Å². The number of carbonyl (C=O) groups is 1. The fourth-order valence-electron chi connectivity index (χ4n) is 3.70. The van der Waals surface area contributed by atoms with Gasteiger partial charge in [-0.1, -0.05) is 18.9 Å². The van der Waals surface area contributed by atoms with E-state index in [-0.39, 0.29) is 24.2 Å². The number of hydrogen-bond donors (Lipinski definition) is 3. The number of nitrogens with zero attached hydrogens (tertiary/aromatic N) is 4. The van der Waals surface area contributed by atoms with Crippen LogP contribution in [0.2, 0.25) is 0 Å². The zero-order chi connectivity index (χ0) is 28.2. The normalized spacial score (nSPS) is 13.6. The van der Waals surface area contributed by atoms with Crippen molar-refractivity contribution >= 4 is 39.2 Å². The molecule has 39 heavy (non-hydrogen) atoms. The number of pyridine rings is 1. The molecule has 3 N–H and O–H groups in total. The maximum Gasteiger partial charge on any atom is 0.421 e. The molecule has 1 fully saturated rings. The highest BCUT2D eigenvalue weighted by Crippen LogP contribution is 2.35. The summed E-state index contributed by atoms with van der Waals surface area (Å²) in [6.07, 6.45) is 1.69. The molecular weight excluding hydrogens is 535 g/mol. The lowest BCUT2D eigenvalue weighted by Gasteiger charge is -2.20. The number of halogens is 3. The first-order valence-electron chi connectivity index (χ1n) is 12.1. The third kappa shape index (κ3) is 7.56. The lowest BCUT2D eigenvalue weighted by atomic mass is 10.2. The van der Waals surface area contributed by atoms with Gasteiger partial charge in [0.15, 0.2) is 0 Å². The molecule has 1 amide bonds. The average molecular weight is 564 g/mol. The summed E-state index contributed by atoms with van der Waals surface area (Å²) in [7, 11) is -2.34. The Kier molecular flexibility index (Phi) is 8.23. The number of benzene rings is 1. The quantitative estimate of drug-likeness (QED) is 0.317. The van der Waals surface area contributed by atoms with Crippen molar-refractivity contribution in [3.05, 3.63) is 65.5 Å². The molecule has 10 nitrogen and oxygen atoms in total. The van der Waals surface area contributed by atoms with Crippen molar-refractivity contribution in [2.45, 2.75) is 32.0 Å². The molecule has 0 radical (unpaired) electrons. The van der Waals surface area contributed by atoms with Crippen molar-refractivity contribution < 1.29 is 26.4 Å². The van der Waals surface area contributed by atoms with Crippen LogP contribution in [0.3, 0.4) is 0 Å². The Bertz CT molecular complexity index is 1430. The Morgan fingerprint density at radius 3 is 2.49 bits per heavy atom. The van der Waals surface area contributed by atoms with Gasteiger partial charge in [-0.3, -0.25) is 9.10 Å². The molecule has 2 heterocycles. The van der Waals surface area contributed by atoms with Crippen LogP contribution in [-0.2, 0) is 22.7 Å². The van der Waals surface area contributed by atoms with E-state index in [1.807, 2.05) is 0 Å². The smallest absolute Gasteiger partial charge is 0.365 e. The first-order valence-corrected chi connectivity index (χ1v) is 14.0. The maximum absolute atomic E-state index is 13.7. The van der Waals surface area contributed by atoms with Crippen LogP contribution in [0.25, 0.3) is 0 Å². The van der Waals surface area contributed by atoms with Gasteiger partial charge in [0.2, 0.25) is 16.0 Å². The lowest BCUT2D eigenvalue weighted by Crippen LogP contribution is -2.27. The Balaban J connectivity index is 1.49. The summed E-state index contributed by atoms with van der Waals surface area (Å²) in [6.45, 7) is 0.427. The fourth-order valence-corrected chi connectivity index (χ4v) is 4.18. The largest absolute Gasteiger partial charge is 0.421 e. The third-order valence-corrected chi connectivity index (χ3v) is 7.31. The first-order chi connectivity index (χ1) is 18.4. The highest BCUT2D eigenvalue weighted by molar-refractivity contribution is 7.92. The SMILES string of the molecule is CN(c1ncccc1CNc1nc(Nc2ccc(C(=O)NCCC3CC3)cc2)ncc1C(F)(F)F)S(C)(=O)=O. The molecule has 0 spiro atoms. The van der Waals surface area contributed by atoms with Gasteiger partial charge in [-0.2, -0.15) is 18.2 Å². The van der Waals surface area contributed by atoms with Gasteiger partial charge in [0.1, 0.15) is 17.2 Å². The molecule has 0 saturated heterocycles. The van der Waals surface area contributed by atoms with E-state index in [9.17, 15) is 26.4 Å². The van der Waals surface area contributed by atoms with Gasteiger partial charge in [0, 0.05) is 49.3 Å². The number of hydrogen-bond acceptors (Lipinski definition) is 8. The fraction of sp³-hybridized carbons (Fsp3) is 0.360. The molecule has 0 aliphatic heterocycles. The van der Waals surface area contributed by atoms with E-state index in [0.717, 1.165) is 17.0 Å². The second kappa shape index (κ2) is 11.4. The van der Waals surface area contributed by atoms with Gasteiger partial charge >= 0.3 is 6.18 Å². The van der Waals surface area contributed by atoms with Crippen molar-refractivity contribution in [1.29, 1.82) is 0 Å². The van der Waals surface area contributed by atoms with Crippen molar-refractivity contribution in [2.24, 2.45) is 5.92 Å². The summed E-state index contributed by atoms with van der Waals surface area (Å²) in [5.74, 6) is -0.0172. The number of aromatic nitrogens is 3. The van der Waals surface area contributed by atoms with Crippen LogP contribution in [0.1, 0.15) is 40.7 Å². The lowest BCUT2D eigenvalue weighted by molar-refractivity contribution is -0.137. The maximum atomic E-state index is 13.7. The third-order valence-electron chi connectivity index (χ3n) is 6.14. The highest BCUT2D eigenvalue weighted by Gasteiger charge is 2.35. The van der Waals surface area contributed by atoms with E-state index >= 15 is 0 Å². The van der Waals surface area contributed by atoms with Crippen LogP contribution in [0.5, 0.6) is 0 Å². The number of sulfonamides is 1. The molecule has 4 rings (SSSR count). The van der Waals surface area contributed by atoms with E-state index in [4.69, 9.17) is 0 Å². The van der Waals surface area contributed by atoms with E-state index in [1.54, 1.807) is 36.4 Å². The molecule has 1 aromatic carbocycles. The predicted octanol–water partition coefficient (Wildman–Crippen LogP) is 4.17. The van der Waals surface area contributed by atoms with Crippen molar-refractivity contribution in [1.82, 2.24) is 20.3 Å². The molecule has 1 saturated carbocycles. The van der Waals surface area contributed by atoms with Crippen LogP contribution >= 0.6 is 0 Å². The van der Waals surface area contributed by atoms with E-state index in [0.29, 0.717) is 35.5 Å². The van der Waals surface area contributed by atoms with E-state index in [2.05, 4.69) is 30.9 Å². The van der Waals surface area contributed by atoms with E-state index in [1.165, 1.54) is 26.1 Å². The first kappa shape index (κ1) is 28.1. The van der Waals surface area contributed by atoms with Gasteiger partial charge in [-0.15, -0.1) is 0 Å². The van der Waals surface area contributed by atoms with Crippen LogP contribution in [0.15, 0.2) is 48.8 Å². The second-order valence-electron chi connectivity index (χ2n) is 9.21. The summed E-state index contributed by atoms with van der Waals surface area (Å²) in [6, 6.07) is 9.50. The molecule has 208 valence electrons. The number of alkyl halides is 3. The molecule has 3 aromatic rings. The predicted molar refractivity (Wildman–Crippen MR) is 141 cm³/mol. The summed E-state index contributed by atoms with van der Waals surface area (Å²) < 4.78 is 65.9. The summed E-state index contributed by atoms with van der Waals surface area (Å²) >= 11 is 0. The van der Waals surface area contributed by atoms with Crippen LogP contribution < -0.4 is 20.3 Å².